The van der Waals surface area contributed by atoms with Gasteiger partial charge >= 0.3 is 5.69 Å². The van der Waals surface area contributed by atoms with Gasteiger partial charge in [0.2, 0.25) is 5.95 Å². The summed E-state index contributed by atoms with van der Waals surface area (Å²) >= 11 is 0. The van der Waals surface area contributed by atoms with Crippen molar-refractivity contribution >= 4 is 22.9 Å². The summed E-state index contributed by atoms with van der Waals surface area (Å²) in [5, 5.41) is 3.17. The smallest absolute Gasteiger partial charge is 0.329 e. The summed E-state index contributed by atoms with van der Waals surface area (Å²) in [4.78, 5) is 43.7. The van der Waals surface area contributed by atoms with Gasteiger partial charge in [-0.1, -0.05) is 43.7 Å². The van der Waals surface area contributed by atoms with Crippen molar-refractivity contribution in [1.82, 2.24) is 19.1 Å². The monoisotopic (exact) mass is 369 g/mol. The van der Waals surface area contributed by atoms with Crippen LogP contribution in [0, 0.1) is 12.8 Å². The molecular formula is C19H23N5O3. The lowest BCUT2D eigenvalue weighted by atomic mass is 10.1. The Morgan fingerprint density at radius 1 is 1.22 bits per heavy atom. The van der Waals surface area contributed by atoms with Gasteiger partial charge in [0, 0.05) is 19.2 Å². The summed E-state index contributed by atoms with van der Waals surface area (Å²) in [5.74, 6) is 0.592. The van der Waals surface area contributed by atoms with Gasteiger partial charge in [-0.3, -0.25) is 23.7 Å². The number of aromatic amines is 1. The molecule has 0 saturated heterocycles. The van der Waals surface area contributed by atoms with E-state index in [1.165, 1.54) is 16.2 Å². The number of carbonyl (C=O) groups excluding carboxylic acids is 1. The number of carbonyl (C=O) groups is 1. The van der Waals surface area contributed by atoms with Crippen molar-refractivity contribution in [2.45, 2.75) is 27.3 Å². The number of aryl methyl sites for hydroxylation is 2. The summed E-state index contributed by atoms with van der Waals surface area (Å²) in [5.41, 5.74) is 0.951. The maximum absolute atomic E-state index is 12.8. The first-order valence-electron chi connectivity index (χ1n) is 8.81. The highest BCUT2D eigenvalue weighted by Gasteiger charge is 2.20. The van der Waals surface area contributed by atoms with Gasteiger partial charge in [-0.05, 0) is 12.8 Å². The van der Waals surface area contributed by atoms with Crippen LogP contribution in [0.1, 0.15) is 29.8 Å². The molecule has 0 spiro atoms. The molecular weight excluding hydrogens is 346 g/mol. The van der Waals surface area contributed by atoms with Gasteiger partial charge in [0.25, 0.3) is 5.56 Å². The van der Waals surface area contributed by atoms with Crippen LogP contribution in [0.3, 0.4) is 0 Å². The number of nitrogens with zero attached hydrogens (tertiary/aromatic N) is 3. The molecule has 0 aliphatic carbocycles. The van der Waals surface area contributed by atoms with E-state index in [0.717, 1.165) is 5.56 Å². The Balaban J connectivity index is 2.10. The highest BCUT2D eigenvalue weighted by atomic mass is 16.2. The predicted octanol–water partition coefficient (Wildman–Crippen LogP) is 1.68. The van der Waals surface area contributed by atoms with Crippen LogP contribution in [0.4, 0.5) is 5.95 Å². The maximum Gasteiger partial charge on any atom is 0.329 e. The zero-order valence-corrected chi connectivity index (χ0v) is 15.9. The minimum atomic E-state index is -0.560. The number of nitrogens with one attached hydrogen (secondary N) is 2. The topological polar surface area (TPSA) is 102 Å². The highest BCUT2D eigenvalue weighted by Crippen LogP contribution is 2.17. The third-order valence-corrected chi connectivity index (χ3v) is 4.35. The molecule has 27 heavy (non-hydrogen) atoms. The summed E-state index contributed by atoms with van der Waals surface area (Å²) in [7, 11) is 1.53. The molecule has 0 radical (unpaired) electrons. The van der Waals surface area contributed by atoms with Crippen molar-refractivity contribution in [3.8, 4) is 0 Å². The molecule has 142 valence electrons. The fraction of sp³-hybridized carbons (Fsp3) is 0.368. The van der Waals surface area contributed by atoms with E-state index in [1.807, 2.05) is 32.9 Å². The molecule has 0 aliphatic heterocycles. The first-order chi connectivity index (χ1) is 12.8. The Kier molecular flexibility index (Phi) is 4.98. The van der Waals surface area contributed by atoms with Crippen LogP contribution in [0.2, 0.25) is 0 Å². The lowest BCUT2D eigenvalue weighted by molar-refractivity contribution is 0.0974. The number of aromatic nitrogens is 4. The van der Waals surface area contributed by atoms with E-state index in [0.29, 0.717) is 24.0 Å². The van der Waals surface area contributed by atoms with Crippen LogP contribution < -0.4 is 16.6 Å². The summed E-state index contributed by atoms with van der Waals surface area (Å²) in [6.45, 7) is 6.60. The number of hydrogen-bond donors (Lipinski definition) is 2. The number of Topliss-reactive ketones (excluding diaryl/α,β-unsaturated/α-hetero) is 1. The lowest BCUT2D eigenvalue weighted by Crippen LogP contribution is -2.29. The predicted molar refractivity (Wildman–Crippen MR) is 104 cm³/mol. The average Bonchev–Trinajstić information content (AvgIpc) is 2.97. The molecule has 1 aromatic carbocycles. The summed E-state index contributed by atoms with van der Waals surface area (Å²) in [6, 6.07) is 7.26. The molecule has 0 bridgehead atoms. The van der Waals surface area contributed by atoms with E-state index < -0.39 is 11.2 Å². The second-order valence-corrected chi connectivity index (χ2v) is 7.08. The Morgan fingerprint density at radius 2 is 1.89 bits per heavy atom. The Morgan fingerprint density at radius 3 is 2.52 bits per heavy atom. The minimum absolute atomic E-state index is 0.0543. The van der Waals surface area contributed by atoms with Gasteiger partial charge in [-0.2, -0.15) is 4.98 Å². The average molecular weight is 369 g/mol. The van der Waals surface area contributed by atoms with Crippen LogP contribution in [-0.4, -0.2) is 31.4 Å². The number of benzene rings is 1. The Bertz CT molecular complexity index is 1100. The first kappa shape index (κ1) is 18.6. The van der Waals surface area contributed by atoms with Crippen molar-refractivity contribution in [2.24, 2.45) is 13.0 Å². The molecule has 2 aromatic heterocycles. The number of anilines is 1. The Hall–Kier alpha value is -3.16. The van der Waals surface area contributed by atoms with Gasteiger partial charge in [0.05, 0.1) is 6.54 Å². The number of fused-ring (bicyclic) bond motifs is 1. The molecule has 0 fully saturated rings. The summed E-state index contributed by atoms with van der Waals surface area (Å²) in [6.07, 6.45) is 0. The van der Waals surface area contributed by atoms with Crippen molar-refractivity contribution in [3.05, 3.63) is 56.2 Å². The van der Waals surface area contributed by atoms with Crippen LogP contribution in [0.25, 0.3) is 11.2 Å². The molecule has 8 heteroatoms. The zero-order valence-electron chi connectivity index (χ0n) is 15.9. The number of rotatable bonds is 6. The zero-order chi connectivity index (χ0) is 19.7. The number of hydrogen-bond acceptors (Lipinski definition) is 5. The second-order valence-electron chi connectivity index (χ2n) is 7.08. The normalized spacial score (nSPS) is 11.3. The first-order valence-corrected chi connectivity index (χ1v) is 8.81. The van der Waals surface area contributed by atoms with Crippen LogP contribution >= 0.6 is 0 Å². The molecule has 0 saturated carbocycles. The van der Waals surface area contributed by atoms with E-state index in [4.69, 9.17) is 0 Å². The van der Waals surface area contributed by atoms with Crippen molar-refractivity contribution in [1.29, 1.82) is 0 Å². The molecule has 8 nitrogen and oxygen atoms in total. The van der Waals surface area contributed by atoms with Crippen LogP contribution in [0.15, 0.2) is 33.9 Å². The Labute approximate surface area is 155 Å². The fourth-order valence-corrected chi connectivity index (χ4v) is 2.79. The fourth-order valence-electron chi connectivity index (χ4n) is 2.79. The van der Waals surface area contributed by atoms with Gasteiger partial charge < -0.3 is 5.32 Å². The quantitative estimate of drug-likeness (QED) is 0.644. The van der Waals surface area contributed by atoms with Crippen molar-refractivity contribution < 1.29 is 4.79 Å². The highest BCUT2D eigenvalue weighted by molar-refractivity contribution is 5.97. The van der Waals surface area contributed by atoms with Crippen LogP contribution in [0.5, 0.6) is 0 Å². The third kappa shape index (κ3) is 3.69. The van der Waals surface area contributed by atoms with Gasteiger partial charge in [-0.25, -0.2) is 4.79 Å². The second kappa shape index (κ2) is 7.22. The molecule has 2 heterocycles. The van der Waals surface area contributed by atoms with Crippen molar-refractivity contribution in [3.63, 3.8) is 0 Å². The van der Waals surface area contributed by atoms with Crippen molar-refractivity contribution in [2.75, 3.05) is 11.9 Å². The van der Waals surface area contributed by atoms with Crippen LogP contribution in [-0.2, 0) is 13.6 Å². The molecule has 0 aliphatic rings. The number of H-pyrrole nitrogens is 1. The van der Waals surface area contributed by atoms with Gasteiger partial charge in [-0.15, -0.1) is 0 Å². The molecule has 3 rings (SSSR count). The van der Waals surface area contributed by atoms with E-state index in [9.17, 15) is 14.4 Å². The SMILES string of the molecule is Cc1ccc(C(=O)Cn2c(NCC(C)C)nc3c2c(=O)[nH]c(=O)n3C)cc1. The van der Waals surface area contributed by atoms with E-state index in [1.54, 1.807) is 12.1 Å². The van der Waals surface area contributed by atoms with E-state index in [2.05, 4.69) is 15.3 Å². The molecule has 0 unspecified atom stereocenters. The van der Waals surface area contributed by atoms with Gasteiger partial charge in [0.15, 0.2) is 16.9 Å². The number of imidazole rings is 1. The van der Waals surface area contributed by atoms with Gasteiger partial charge in [0.1, 0.15) is 0 Å². The standard InChI is InChI=1S/C19H23N5O3/c1-11(2)9-20-18-21-16-15(17(26)22-19(27)23(16)4)24(18)10-14(25)13-7-5-12(3)6-8-13/h5-8,11H,9-10H2,1-4H3,(H,20,21)(H,22,26,27). The van der Waals surface area contributed by atoms with E-state index >= 15 is 0 Å². The molecule has 2 N–H and O–H groups in total. The molecule has 3 aromatic rings. The minimum Gasteiger partial charge on any atom is -0.355 e. The summed E-state index contributed by atoms with van der Waals surface area (Å²) < 4.78 is 2.81. The lowest BCUT2D eigenvalue weighted by Gasteiger charge is -2.11. The molecule has 0 amide bonds. The molecule has 0 atom stereocenters. The third-order valence-electron chi connectivity index (χ3n) is 4.35. The number of ketones is 1. The largest absolute Gasteiger partial charge is 0.355 e. The maximum atomic E-state index is 12.8. The van der Waals surface area contributed by atoms with E-state index in [-0.39, 0.29) is 23.5 Å².